The van der Waals surface area contributed by atoms with Gasteiger partial charge in [-0.3, -0.25) is 0 Å². The molecule has 0 saturated carbocycles. The van der Waals surface area contributed by atoms with Gasteiger partial charge in [-0.25, -0.2) is 0 Å². The smallest absolute Gasteiger partial charge is 0.0500 e. The number of benzene rings is 2. The first kappa shape index (κ1) is 14.2. The van der Waals surface area contributed by atoms with Gasteiger partial charge in [0.2, 0.25) is 0 Å². The Morgan fingerprint density at radius 1 is 1.11 bits per heavy atom. The molecule has 0 fully saturated rings. The van der Waals surface area contributed by atoms with Crippen LogP contribution in [0.5, 0.6) is 0 Å². The molecular formula is C16H19IN2. The second kappa shape index (κ2) is 6.80. The van der Waals surface area contributed by atoms with Crippen LogP contribution in [-0.4, -0.2) is 13.6 Å². The Bertz CT molecular complexity index is 526. The van der Waals surface area contributed by atoms with Gasteiger partial charge in [0.05, 0.1) is 5.69 Å². The molecule has 0 radical (unpaired) electrons. The number of halogens is 1. The minimum atomic E-state index is 0.825. The number of nitrogens with zero attached hydrogens (tertiary/aromatic N) is 1. The van der Waals surface area contributed by atoms with Crippen LogP contribution in [0.25, 0.3) is 0 Å². The number of aryl methyl sites for hydroxylation is 1. The fraction of sp³-hybridized carbons (Fsp3) is 0.250. The van der Waals surface area contributed by atoms with Crippen LogP contribution in [0.1, 0.15) is 12.0 Å². The van der Waals surface area contributed by atoms with Gasteiger partial charge in [-0.05, 0) is 59.2 Å². The first-order chi connectivity index (χ1) is 9.16. The number of hydrogen-bond acceptors (Lipinski definition) is 2. The Morgan fingerprint density at radius 2 is 1.84 bits per heavy atom. The number of nitrogen functional groups attached to an aromatic ring is 1. The van der Waals surface area contributed by atoms with Gasteiger partial charge in [0, 0.05) is 22.8 Å². The van der Waals surface area contributed by atoms with E-state index in [0.717, 1.165) is 25.1 Å². The normalized spacial score (nSPS) is 10.4. The van der Waals surface area contributed by atoms with E-state index in [1.54, 1.807) is 0 Å². The second-order valence-corrected chi connectivity index (χ2v) is 5.88. The molecule has 0 aliphatic heterocycles. The number of rotatable bonds is 5. The molecule has 2 nitrogen and oxygen atoms in total. The molecule has 3 heteroatoms. The molecule has 0 aliphatic rings. The van der Waals surface area contributed by atoms with Gasteiger partial charge < -0.3 is 10.6 Å². The standard InChI is InChI=1S/C16H19IN2/c1-19(16-10-9-14(18)12-15(16)17)11-5-8-13-6-3-2-4-7-13/h2-4,6-7,9-10,12H,5,8,11,18H2,1H3. The maximum absolute atomic E-state index is 5.78. The molecule has 0 aliphatic carbocycles. The summed E-state index contributed by atoms with van der Waals surface area (Å²) in [6.07, 6.45) is 2.28. The Balaban J connectivity index is 1.89. The van der Waals surface area contributed by atoms with E-state index in [0.29, 0.717) is 0 Å². The zero-order valence-corrected chi connectivity index (χ0v) is 13.3. The van der Waals surface area contributed by atoms with E-state index in [2.05, 4.69) is 70.9 Å². The van der Waals surface area contributed by atoms with E-state index in [9.17, 15) is 0 Å². The monoisotopic (exact) mass is 366 g/mol. The van der Waals surface area contributed by atoms with Crippen LogP contribution in [0.4, 0.5) is 11.4 Å². The summed E-state index contributed by atoms with van der Waals surface area (Å²) >= 11 is 2.34. The highest BCUT2D eigenvalue weighted by Crippen LogP contribution is 2.24. The lowest BCUT2D eigenvalue weighted by molar-refractivity contribution is 0.785. The Morgan fingerprint density at radius 3 is 2.53 bits per heavy atom. The van der Waals surface area contributed by atoms with Crippen LogP contribution in [0.2, 0.25) is 0 Å². The van der Waals surface area contributed by atoms with Crippen molar-refractivity contribution >= 4 is 34.0 Å². The fourth-order valence-electron chi connectivity index (χ4n) is 2.12. The van der Waals surface area contributed by atoms with Gasteiger partial charge in [-0.2, -0.15) is 0 Å². The Labute approximate surface area is 128 Å². The summed E-state index contributed by atoms with van der Waals surface area (Å²) < 4.78 is 1.21. The lowest BCUT2D eigenvalue weighted by atomic mass is 10.1. The molecule has 0 atom stereocenters. The van der Waals surface area contributed by atoms with Gasteiger partial charge >= 0.3 is 0 Å². The van der Waals surface area contributed by atoms with Crippen molar-refractivity contribution in [1.29, 1.82) is 0 Å². The molecule has 2 N–H and O–H groups in total. The van der Waals surface area contributed by atoms with Gasteiger partial charge in [0.15, 0.2) is 0 Å². The van der Waals surface area contributed by atoms with Crippen molar-refractivity contribution < 1.29 is 0 Å². The predicted molar refractivity (Wildman–Crippen MR) is 91.6 cm³/mol. The Kier molecular flexibility index (Phi) is 5.07. The van der Waals surface area contributed by atoms with Gasteiger partial charge in [-0.1, -0.05) is 30.3 Å². The summed E-state index contributed by atoms with van der Waals surface area (Å²) in [5, 5.41) is 0. The van der Waals surface area contributed by atoms with Crippen LogP contribution in [0.15, 0.2) is 48.5 Å². The molecule has 19 heavy (non-hydrogen) atoms. The first-order valence-electron chi connectivity index (χ1n) is 6.47. The van der Waals surface area contributed by atoms with Crippen molar-refractivity contribution in [3.05, 3.63) is 57.7 Å². The maximum atomic E-state index is 5.78. The molecule has 0 heterocycles. The van der Waals surface area contributed by atoms with Crippen LogP contribution < -0.4 is 10.6 Å². The number of nitrogens with two attached hydrogens (primary N) is 1. The van der Waals surface area contributed by atoms with Crippen molar-refractivity contribution in [2.45, 2.75) is 12.8 Å². The van der Waals surface area contributed by atoms with Gasteiger partial charge in [-0.15, -0.1) is 0 Å². The summed E-state index contributed by atoms with van der Waals surface area (Å²) in [7, 11) is 2.14. The molecule has 0 bridgehead atoms. The average molecular weight is 366 g/mol. The van der Waals surface area contributed by atoms with Crippen LogP contribution in [0, 0.1) is 3.57 Å². The fourth-order valence-corrected chi connectivity index (χ4v) is 3.07. The lowest BCUT2D eigenvalue weighted by Gasteiger charge is -2.21. The van der Waals surface area contributed by atoms with Crippen molar-refractivity contribution in [2.75, 3.05) is 24.2 Å². The zero-order valence-electron chi connectivity index (χ0n) is 11.1. The SMILES string of the molecule is CN(CCCc1ccccc1)c1ccc(N)cc1I. The minimum absolute atomic E-state index is 0.825. The number of anilines is 2. The highest BCUT2D eigenvalue weighted by molar-refractivity contribution is 14.1. The summed E-state index contributed by atoms with van der Waals surface area (Å²) in [6.45, 7) is 1.05. The molecule has 2 rings (SSSR count). The summed E-state index contributed by atoms with van der Waals surface area (Å²) in [6, 6.07) is 16.7. The first-order valence-corrected chi connectivity index (χ1v) is 7.55. The van der Waals surface area contributed by atoms with Crippen LogP contribution >= 0.6 is 22.6 Å². The van der Waals surface area contributed by atoms with Crippen LogP contribution in [0.3, 0.4) is 0 Å². The highest BCUT2D eigenvalue weighted by atomic mass is 127. The second-order valence-electron chi connectivity index (χ2n) is 4.72. The lowest BCUT2D eigenvalue weighted by Crippen LogP contribution is -2.20. The van der Waals surface area contributed by atoms with Gasteiger partial charge in [0.1, 0.15) is 0 Å². The summed E-state index contributed by atoms with van der Waals surface area (Å²) in [5.41, 5.74) is 9.26. The average Bonchev–Trinajstić information content (AvgIpc) is 2.39. The summed E-state index contributed by atoms with van der Waals surface area (Å²) in [5.74, 6) is 0. The van der Waals surface area contributed by atoms with Crippen molar-refractivity contribution in [1.82, 2.24) is 0 Å². The van der Waals surface area contributed by atoms with E-state index >= 15 is 0 Å². The predicted octanol–water partition coefficient (Wildman–Crippen LogP) is 3.94. The highest BCUT2D eigenvalue weighted by Gasteiger charge is 2.05. The Hall–Kier alpha value is -1.23. The molecule has 0 amide bonds. The van der Waals surface area contributed by atoms with Crippen LogP contribution in [-0.2, 0) is 6.42 Å². The third kappa shape index (κ3) is 4.13. The van der Waals surface area contributed by atoms with E-state index in [1.807, 2.05) is 12.1 Å². The zero-order chi connectivity index (χ0) is 13.7. The van der Waals surface area contributed by atoms with Crippen molar-refractivity contribution in [3.8, 4) is 0 Å². The van der Waals surface area contributed by atoms with E-state index in [-0.39, 0.29) is 0 Å². The molecular weight excluding hydrogens is 347 g/mol. The molecule has 2 aromatic rings. The third-order valence-corrected chi connectivity index (χ3v) is 4.05. The van der Waals surface area contributed by atoms with Crippen molar-refractivity contribution in [3.63, 3.8) is 0 Å². The largest absolute Gasteiger partial charge is 0.399 e. The van der Waals surface area contributed by atoms with E-state index < -0.39 is 0 Å². The van der Waals surface area contributed by atoms with Gasteiger partial charge in [0.25, 0.3) is 0 Å². The molecule has 2 aromatic carbocycles. The molecule has 0 unspecified atom stereocenters. The molecule has 0 saturated heterocycles. The quantitative estimate of drug-likeness (QED) is 0.642. The molecule has 0 spiro atoms. The minimum Gasteiger partial charge on any atom is -0.399 e. The molecule has 0 aromatic heterocycles. The molecule has 100 valence electrons. The maximum Gasteiger partial charge on any atom is 0.0500 e. The number of hydrogen-bond donors (Lipinski definition) is 1. The van der Waals surface area contributed by atoms with Crippen molar-refractivity contribution in [2.24, 2.45) is 0 Å². The third-order valence-electron chi connectivity index (χ3n) is 3.18. The summed E-state index contributed by atoms with van der Waals surface area (Å²) in [4.78, 5) is 2.30. The van der Waals surface area contributed by atoms with E-state index in [4.69, 9.17) is 5.73 Å². The van der Waals surface area contributed by atoms with E-state index in [1.165, 1.54) is 14.8 Å². The topological polar surface area (TPSA) is 29.3 Å².